The van der Waals surface area contributed by atoms with Crippen LogP contribution < -0.4 is 16.0 Å². The number of nitrogens with one attached hydrogen (secondary N) is 3. The maximum absolute atomic E-state index is 14.2. The second-order valence-electron chi connectivity index (χ2n) is 16.1. The molecule has 5 rings (SSSR count). The van der Waals surface area contributed by atoms with E-state index in [2.05, 4.69) is 25.9 Å². The number of aromatic nitrogens is 2. The summed E-state index contributed by atoms with van der Waals surface area (Å²) in [5.74, 6) is -1.34. The number of piperidine rings is 1. The first-order chi connectivity index (χ1) is 25.4. The number of β-amino-alcohol motifs (C(OH)–C–C–N with tert-alkyl or cyclic N) is 1. The van der Waals surface area contributed by atoms with Gasteiger partial charge in [0.05, 0.1) is 29.0 Å². The maximum Gasteiger partial charge on any atom is 0.270 e. The fraction of sp³-hybridized carbons (Fsp3) is 0.439. The van der Waals surface area contributed by atoms with E-state index in [9.17, 15) is 27.9 Å². The lowest BCUT2D eigenvalue weighted by atomic mass is 9.85. The van der Waals surface area contributed by atoms with Gasteiger partial charge in [-0.25, -0.2) is 18.4 Å². The number of hydrogen-bond acceptors (Lipinski definition) is 9. The highest BCUT2D eigenvalue weighted by atomic mass is 32.2. The third kappa shape index (κ3) is 10.3. The molecule has 1 aliphatic rings. The summed E-state index contributed by atoms with van der Waals surface area (Å²) in [6.45, 7) is 11.3. The quantitative estimate of drug-likeness (QED) is 0.166. The molecule has 1 saturated heterocycles. The molecule has 5 atom stereocenters. The number of fused-ring (bicyclic) bond motifs is 1. The standard InChI is InChI=1S/C41H52N6O6S/c1-40(2,3)36(45-37(49)31-20-19-28-16-10-11-17-30(28)43-31)39(51)44-32(24-27-14-8-7-9-15-27)34(48)26-47-23-21-29(25-33(47)38(50)46-41(4,5)6)54(52,53)35-18-12-13-22-42-35/h7-20,22,29,32-34,36,48H,21,23-26H2,1-6H3,(H,44,51)(H,45,49)(H,46,50)/t29-,32+,33+,34-,36?/m1/s1. The fourth-order valence-corrected chi connectivity index (χ4v) is 8.42. The zero-order valence-corrected chi connectivity index (χ0v) is 32.6. The Kier molecular flexibility index (Phi) is 12.5. The number of amides is 3. The van der Waals surface area contributed by atoms with Gasteiger partial charge in [0.15, 0.2) is 14.9 Å². The third-order valence-corrected chi connectivity index (χ3v) is 11.7. The average Bonchev–Trinajstić information content (AvgIpc) is 3.12. The van der Waals surface area contributed by atoms with Crippen molar-refractivity contribution in [1.29, 1.82) is 0 Å². The summed E-state index contributed by atoms with van der Waals surface area (Å²) in [5, 5.41) is 20.8. The van der Waals surface area contributed by atoms with Crippen LogP contribution >= 0.6 is 0 Å². The summed E-state index contributed by atoms with van der Waals surface area (Å²) in [7, 11) is -3.84. The Hall–Kier alpha value is -4.72. The second kappa shape index (κ2) is 16.7. The van der Waals surface area contributed by atoms with Gasteiger partial charge in [0.2, 0.25) is 11.8 Å². The number of nitrogens with zero attached hydrogens (tertiary/aromatic N) is 3. The highest BCUT2D eigenvalue weighted by molar-refractivity contribution is 7.92. The van der Waals surface area contributed by atoms with Crippen LogP contribution in [0.25, 0.3) is 10.9 Å². The molecule has 12 nitrogen and oxygen atoms in total. The highest BCUT2D eigenvalue weighted by Gasteiger charge is 2.42. The Morgan fingerprint density at radius 3 is 2.24 bits per heavy atom. The van der Waals surface area contributed by atoms with Gasteiger partial charge in [0.25, 0.3) is 5.91 Å². The molecule has 0 saturated carbocycles. The minimum Gasteiger partial charge on any atom is -0.390 e. The van der Waals surface area contributed by atoms with Gasteiger partial charge in [0.1, 0.15) is 11.7 Å². The first kappa shape index (κ1) is 40.5. The number of carbonyl (C=O) groups is 3. The van der Waals surface area contributed by atoms with Crippen molar-refractivity contribution in [2.24, 2.45) is 5.41 Å². The molecule has 54 heavy (non-hydrogen) atoms. The number of rotatable bonds is 12. The minimum atomic E-state index is -3.84. The van der Waals surface area contributed by atoms with E-state index in [1.54, 1.807) is 23.1 Å². The molecule has 4 N–H and O–H groups in total. The Bertz CT molecular complexity index is 2030. The van der Waals surface area contributed by atoms with Crippen LogP contribution in [-0.2, 0) is 25.8 Å². The van der Waals surface area contributed by atoms with E-state index in [-0.39, 0.29) is 49.0 Å². The lowest BCUT2D eigenvalue weighted by Gasteiger charge is -2.41. The van der Waals surface area contributed by atoms with Crippen LogP contribution in [0.4, 0.5) is 0 Å². The number of sulfone groups is 1. The van der Waals surface area contributed by atoms with Crippen molar-refractivity contribution in [2.45, 2.75) is 101 Å². The van der Waals surface area contributed by atoms with Crippen LogP contribution in [-0.4, -0.2) is 94.2 Å². The zero-order chi connectivity index (χ0) is 39.3. The van der Waals surface area contributed by atoms with Crippen LogP contribution in [0.2, 0.25) is 0 Å². The lowest BCUT2D eigenvalue weighted by Crippen LogP contribution is -2.61. The Labute approximate surface area is 318 Å². The van der Waals surface area contributed by atoms with E-state index < -0.39 is 62.1 Å². The van der Waals surface area contributed by atoms with Crippen molar-refractivity contribution in [3.63, 3.8) is 0 Å². The van der Waals surface area contributed by atoms with Crippen molar-refractivity contribution in [1.82, 2.24) is 30.8 Å². The summed E-state index contributed by atoms with van der Waals surface area (Å²) < 4.78 is 27.3. The SMILES string of the molecule is CC(C)(C)NC(=O)[C@@H]1C[C@H](S(=O)(=O)c2ccccn2)CCN1C[C@@H](O)[C@H](Cc1ccccc1)NC(=O)C(NC(=O)c1ccc2ccccc2n1)C(C)(C)C. The molecule has 2 aromatic heterocycles. The molecule has 2 aromatic carbocycles. The van der Waals surface area contributed by atoms with Crippen LogP contribution in [0.3, 0.4) is 0 Å². The number of para-hydroxylation sites is 1. The molecule has 0 bridgehead atoms. The Morgan fingerprint density at radius 2 is 1.57 bits per heavy atom. The fourth-order valence-electron chi connectivity index (χ4n) is 6.75. The number of benzene rings is 2. The monoisotopic (exact) mass is 756 g/mol. The number of aliphatic hydroxyl groups is 1. The van der Waals surface area contributed by atoms with E-state index in [0.717, 1.165) is 10.9 Å². The topological polar surface area (TPSA) is 171 Å². The number of aliphatic hydroxyl groups excluding tert-OH is 1. The molecule has 288 valence electrons. The van der Waals surface area contributed by atoms with Crippen molar-refractivity contribution in [2.75, 3.05) is 13.1 Å². The van der Waals surface area contributed by atoms with E-state index in [4.69, 9.17) is 0 Å². The predicted octanol–water partition coefficient (Wildman–Crippen LogP) is 4.08. The van der Waals surface area contributed by atoms with Gasteiger partial charge >= 0.3 is 0 Å². The molecule has 3 heterocycles. The molecule has 3 amide bonds. The summed E-state index contributed by atoms with van der Waals surface area (Å²) >= 11 is 0. The third-order valence-electron chi connectivity index (χ3n) is 9.58. The molecule has 0 radical (unpaired) electrons. The Balaban J connectivity index is 1.38. The molecule has 1 aliphatic heterocycles. The van der Waals surface area contributed by atoms with Gasteiger partial charge in [-0.1, -0.05) is 81.4 Å². The van der Waals surface area contributed by atoms with Gasteiger partial charge in [-0.15, -0.1) is 0 Å². The van der Waals surface area contributed by atoms with Crippen molar-refractivity contribution >= 4 is 38.5 Å². The van der Waals surface area contributed by atoms with Gasteiger partial charge in [0, 0.05) is 30.2 Å². The predicted molar refractivity (Wildman–Crippen MR) is 208 cm³/mol. The van der Waals surface area contributed by atoms with Gasteiger partial charge in [-0.2, -0.15) is 0 Å². The highest BCUT2D eigenvalue weighted by Crippen LogP contribution is 2.29. The van der Waals surface area contributed by atoms with Crippen molar-refractivity contribution < 1.29 is 27.9 Å². The van der Waals surface area contributed by atoms with Crippen molar-refractivity contribution in [3.8, 4) is 0 Å². The normalized spacial score (nSPS) is 18.6. The van der Waals surface area contributed by atoms with E-state index in [1.165, 1.54) is 12.3 Å². The van der Waals surface area contributed by atoms with Crippen molar-refractivity contribution in [3.05, 3.63) is 102 Å². The number of likely N-dealkylation sites (tertiary alicyclic amines) is 1. The molecule has 1 unspecified atom stereocenters. The molecule has 13 heteroatoms. The summed E-state index contributed by atoms with van der Waals surface area (Å²) in [4.78, 5) is 51.9. The van der Waals surface area contributed by atoms with E-state index in [0.29, 0.717) is 5.52 Å². The van der Waals surface area contributed by atoms with Crippen LogP contribution in [0.1, 0.15) is 70.4 Å². The van der Waals surface area contributed by atoms with Gasteiger partial charge in [-0.3, -0.25) is 19.3 Å². The minimum absolute atomic E-state index is 0.00416. The van der Waals surface area contributed by atoms with Crippen LogP contribution in [0, 0.1) is 5.41 Å². The van der Waals surface area contributed by atoms with Crippen LogP contribution in [0.5, 0.6) is 0 Å². The summed E-state index contributed by atoms with van der Waals surface area (Å²) in [5.41, 5.74) is 0.370. The maximum atomic E-state index is 14.2. The van der Waals surface area contributed by atoms with Crippen LogP contribution in [0.15, 0.2) is 96.2 Å². The molecular weight excluding hydrogens is 705 g/mol. The molecule has 4 aromatic rings. The number of pyridine rings is 2. The largest absolute Gasteiger partial charge is 0.390 e. The molecule has 0 spiro atoms. The number of carbonyl (C=O) groups excluding carboxylic acids is 3. The first-order valence-electron chi connectivity index (χ1n) is 18.3. The van der Waals surface area contributed by atoms with Gasteiger partial charge < -0.3 is 21.1 Å². The molecular formula is C41H52N6O6S. The zero-order valence-electron chi connectivity index (χ0n) is 31.8. The second-order valence-corrected chi connectivity index (χ2v) is 18.3. The molecule has 1 fully saturated rings. The first-order valence-corrected chi connectivity index (χ1v) is 19.9. The van der Waals surface area contributed by atoms with E-state index >= 15 is 0 Å². The summed E-state index contributed by atoms with van der Waals surface area (Å²) in [6.07, 6.45) is 0.737. The smallest absolute Gasteiger partial charge is 0.270 e. The summed E-state index contributed by atoms with van der Waals surface area (Å²) in [6, 6.07) is 22.3. The van der Waals surface area contributed by atoms with E-state index in [1.807, 2.05) is 102 Å². The lowest BCUT2D eigenvalue weighted by molar-refractivity contribution is -0.131. The molecule has 0 aliphatic carbocycles. The number of hydrogen-bond donors (Lipinski definition) is 4. The Morgan fingerprint density at radius 1 is 0.889 bits per heavy atom. The average molecular weight is 757 g/mol. The van der Waals surface area contributed by atoms with Gasteiger partial charge in [-0.05, 0) is 75.3 Å².